The van der Waals surface area contributed by atoms with E-state index in [1.807, 2.05) is 6.07 Å². The summed E-state index contributed by atoms with van der Waals surface area (Å²) in [5, 5.41) is 20.0. The summed E-state index contributed by atoms with van der Waals surface area (Å²) in [7, 11) is 0. The molecule has 1 aromatic heterocycles. The summed E-state index contributed by atoms with van der Waals surface area (Å²) in [6.45, 7) is 2.87. The fourth-order valence-corrected chi connectivity index (χ4v) is 2.46. The molecule has 7 heteroatoms. The predicted octanol–water partition coefficient (Wildman–Crippen LogP) is 3.09. The molecule has 24 heavy (non-hydrogen) atoms. The smallest absolute Gasteiger partial charge is 0.269 e. The number of ether oxygens (including phenoxy) is 1. The van der Waals surface area contributed by atoms with Crippen LogP contribution in [0.1, 0.15) is 11.3 Å². The molecule has 122 valence electrons. The van der Waals surface area contributed by atoms with Gasteiger partial charge in [0, 0.05) is 31.3 Å². The fraction of sp³-hybridized carbons (Fsp3) is 0.235. The Balaban J connectivity index is 1.81. The Bertz CT molecular complexity index is 796. The molecule has 1 aliphatic heterocycles. The number of benzene rings is 1. The molecule has 3 rings (SSSR count). The first kappa shape index (κ1) is 15.8. The molecule has 0 saturated carbocycles. The number of allylic oxidation sites excluding steroid dienone is 1. The highest BCUT2D eigenvalue weighted by Crippen LogP contribution is 2.25. The van der Waals surface area contributed by atoms with E-state index in [1.54, 1.807) is 24.3 Å². The number of anilines is 1. The largest absolute Gasteiger partial charge is 0.441 e. The van der Waals surface area contributed by atoms with Crippen LogP contribution < -0.4 is 4.90 Å². The van der Waals surface area contributed by atoms with E-state index < -0.39 is 4.92 Å². The van der Waals surface area contributed by atoms with Crippen LogP contribution in [0.25, 0.3) is 11.6 Å². The van der Waals surface area contributed by atoms with E-state index in [4.69, 9.17) is 9.15 Å². The van der Waals surface area contributed by atoms with E-state index >= 15 is 0 Å². The van der Waals surface area contributed by atoms with Gasteiger partial charge in [0.2, 0.25) is 0 Å². The predicted molar refractivity (Wildman–Crippen MR) is 88.3 cm³/mol. The van der Waals surface area contributed by atoms with Gasteiger partial charge in [-0.15, -0.1) is 0 Å². The Morgan fingerprint density at radius 1 is 1.21 bits per heavy atom. The average molecular weight is 325 g/mol. The van der Waals surface area contributed by atoms with Crippen molar-refractivity contribution >= 4 is 23.2 Å². The third-order valence-electron chi connectivity index (χ3n) is 3.73. The SMILES string of the molecule is N#C/C(=C/c1ccc(N2CCOCC2)o1)c1ccc([N+](=O)[O-])cc1. The molecule has 0 atom stereocenters. The summed E-state index contributed by atoms with van der Waals surface area (Å²) < 4.78 is 11.1. The second kappa shape index (κ2) is 6.98. The molecule has 1 fully saturated rings. The number of hydrogen-bond acceptors (Lipinski definition) is 6. The molecule has 1 saturated heterocycles. The zero-order valence-electron chi connectivity index (χ0n) is 12.8. The fourth-order valence-electron chi connectivity index (χ4n) is 2.46. The lowest BCUT2D eigenvalue weighted by Gasteiger charge is -2.26. The van der Waals surface area contributed by atoms with Crippen LogP contribution in [-0.2, 0) is 4.74 Å². The van der Waals surface area contributed by atoms with Crippen LogP contribution in [0.3, 0.4) is 0 Å². The van der Waals surface area contributed by atoms with Crippen molar-refractivity contribution in [1.82, 2.24) is 0 Å². The minimum Gasteiger partial charge on any atom is -0.441 e. The number of nitriles is 1. The van der Waals surface area contributed by atoms with Crippen LogP contribution in [-0.4, -0.2) is 31.2 Å². The monoisotopic (exact) mass is 325 g/mol. The lowest BCUT2D eigenvalue weighted by atomic mass is 10.1. The van der Waals surface area contributed by atoms with Crippen molar-refractivity contribution in [2.75, 3.05) is 31.2 Å². The van der Waals surface area contributed by atoms with Gasteiger partial charge >= 0.3 is 0 Å². The maximum atomic E-state index is 10.7. The zero-order chi connectivity index (χ0) is 16.9. The van der Waals surface area contributed by atoms with Gasteiger partial charge in [-0.2, -0.15) is 5.26 Å². The van der Waals surface area contributed by atoms with Crippen LogP contribution in [0.5, 0.6) is 0 Å². The Hall–Kier alpha value is -3.11. The molecule has 1 aliphatic rings. The van der Waals surface area contributed by atoms with Gasteiger partial charge in [-0.25, -0.2) is 0 Å². The van der Waals surface area contributed by atoms with Crippen molar-refractivity contribution in [3.63, 3.8) is 0 Å². The van der Waals surface area contributed by atoms with Gasteiger partial charge in [-0.1, -0.05) is 0 Å². The molecule has 2 aromatic rings. The summed E-state index contributed by atoms with van der Waals surface area (Å²) in [6, 6.07) is 11.6. The molecule has 0 N–H and O–H groups in total. The van der Waals surface area contributed by atoms with Crippen LogP contribution in [0.4, 0.5) is 11.6 Å². The Morgan fingerprint density at radius 3 is 2.54 bits per heavy atom. The molecular weight excluding hydrogens is 310 g/mol. The van der Waals surface area contributed by atoms with E-state index in [2.05, 4.69) is 11.0 Å². The molecule has 0 bridgehead atoms. The summed E-state index contributed by atoms with van der Waals surface area (Å²) in [5.41, 5.74) is 0.976. The lowest BCUT2D eigenvalue weighted by Crippen LogP contribution is -2.35. The minimum absolute atomic E-state index is 0.0105. The van der Waals surface area contributed by atoms with E-state index in [9.17, 15) is 15.4 Å². The quantitative estimate of drug-likeness (QED) is 0.487. The van der Waals surface area contributed by atoms with Crippen molar-refractivity contribution < 1.29 is 14.1 Å². The minimum atomic E-state index is -0.472. The number of nitro benzene ring substituents is 1. The van der Waals surface area contributed by atoms with E-state index in [1.165, 1.54) is 12.1 Å². The summed E-state index contributed by atoms with van der Waals surface area (Å²) in [4.78, 5) is 12.3. The highest BCUT2D eigenvalue weighted by Gasteiger charge is 2.14. The maximum absolute atomic E-state index is 10.7. The average Bonchev–Trinajstić information content (AvgIpc) is 3.09. The standard InChI is InChI=1S/C17H15N3O4/c18-12-14(13-1-3-15(4-2-13)20(21)22)11-16-5-6-17(24-16)19-7-9-23-10-8-19/h1-6,11H,7-10H2/b14-11-. The molecular formula is C17H15N3O4. The second-order valence-corrected chi connectivity index (χ2v) is 5.25. The van der Waals surface area contributed by atoms with Gasteiger partial charge in [-0.05, 0) is 29.8 Å². The van der Waals surface area contributed by atoms with Crippen LogP contribution in [0, 0.1) is 21.4 Å². The molecule has 1 aromatic carbocycles. The highest BCUT2D eigenvalue weighted by molar-refractivity contribution is 5.89. The van der Waals surface area contributed by atoms with E-state index in [0.29, 0.717) is 30.1 Å². The number of non-ortho nitro benzene ring substituents is 1. The van der Waals surface area contributed by atoms with E-state index in [-0.39, 0.29) is 5.69 Å². The van der Waals surface area contributed by atoms with Gasteiger partial charge in [0.05, 0.1) is 29.8 Å². The van der Waals surface area contributed by atoms with Crippen LogP contribution >= 0.6 is 0 Å². The van der Waals surface area contributed by atoms with Crippen molar-refractivity contribution in [3.8, 4) is 6.07 Å². The second-order valence-electron chi connectivity index (χ2n) is 5.25. The molecule has 2 heterocycles. The topological polar surface area (TPSA) is 92.5 Å². The Morgan fingerprint density at radius 2 is 1.92 bits per heavy atom. The Kier molecular flexibility index (Phi) is 4.59. The third kappa shape index (κ3) is 3.45. The lowest BCUT2D eigenvalue weighted by molar-refractivity contribution is -0.384. The number of rotatable bonds is 4. The summed E-state index contributed by atoms with van der Waals surface area (Å²) >= 11 is 0. The van der Waals surface area contributed by atoms with Crippen molar-refractivity contribution in [2.24, 2.45) is 0 Å². The third-order valence-corrected chi connectivity index (χ3v) is 3.73. The first-order valence-corrected chi connectivity index (χ1v) is 7.46. The molecule has 0 unspecified atom stereocenters. The summed E-state index contributed by atoms with van der Waals surface area (Å²) in [5.74, 6) is 1.30. The number of nitrogens with zero attached hydrogens (tertiary/aromatic N) is 3. The first-order valence-electron chi connectivity index (χ1n) is 7.46. The first-order chi connectivity index (χ1) is 11.7. The zero-order valence-corrected chi connectivity index (χ0v) is 12.8. The van der Waals surface area contributed by atoms with Gasteiger partial charge in [0.1, 0.15) is 5.76 Å². The Labute approximate surface area is 138 Å². The van der Waals surface area contributed by atoms with Crippen molar-refractivity contribution in [2.45, 2.75) is 0 Å². The number of nitro groups is 1. The normalized spacial score (nSPS) is 15.1. The summed E-state index contributed by atoms with van der Waals surface area (Å²) in [6.07, 6.45) is 1.63. The van der Waals surface area contributed by atoms with Gasteiger partial charge in [0.25, 0.3) is 5.69 Å². The maximum Gasteiger partial charge on any atom is 0.269 e. The number of morpholine rings is 1. The van der Waals surface area contributed by atoms with Gasteiger partial charge < -0.3 is 14.1 Å². The highest BCUT2D eigenvalue weighted by atomic mass is 16.6. The molecule has 0 radical (unpaired) electrons. The molecule has 0 spiro atoms. The number of furan rings is 1. The molecule has 0 aliphatic carbocycles. The van der Waals surface area contributed by atoms with Crippen molar-refractivity contribution in [1.29, 1.82) is 5.26 Å². The number of hydrogen-bond donors (Lipinski definition) is 0. The molecule has 0 amide bonds. The van der Waals surface area contributed by atoms with Crippen LogP contribution in [0.15, 0.2) is 40.8 Å². The molecule has 7 nitrogen and oxygen atoms in total. The van der Waals surface area contributed by atoms with Crippen LogP contribution in [0.2, 0.25) is 0 Å². The van der Waals surface area contributed by atoms with Crippen molar-refractivity contribution in [3.05, 3.63) is 57.8 Å². The van der Waals surface area contributed by atoms with Gasteiger partial charge in [-0.3, -0.25) is 10.1 Å². The van der Waals surface area contributed by atoms with E-state index in [0.717, 1.165) is 19.0 Å². The van der Waals surface area contributed by atoms with Gasteiger partial charge in [0.15, 0.2) is 5.88 Å².